The largest absolute Gasteiger partial charge is 0.490 e. The lowest BCUT2D eigenvalue weighted by molar-refractivity contribution is 0.287. The third-order valence-corrected chi connectivity index (χ3v) is 4.16. The number of halogens is 1. The van der Waals surface area contributed by atoms with Crippen molar-refractivity contribution in [2.45, 2.75) is 13.8 Å². The van der Waals surface area contributed by atoms with Gasteiger partial charge in [-0.1, -0.05) is 17.7 Å². The van der Waals surface area contributed by atoms with Crippen molar-refractivity contribution in [1.29, 1.82) is 5.26 Å². The number of nitrogens with one attached hydrogen (secondary N) is 1. The van der Waals surface area contributed by atoms with E-state index in [0.29, 0.717) is 40.6 Å². The van der Waals surface area contributed by atoms with Crippen LogP contribution in [-0.4, -0.2) is 23.2 Å². The van der Waals surface area contributed by atoms with Gasteiger partial charge in [0.25, 0.3) is 5.56 Å². The lowest BCUT2D eigenvalue weighted by Gasteiger charge is -2.11. The van der Waals surface area contributed by atoms with Crippen LogP contribution in [0.25, 0.3) is 22.6 Å². The average molecular weight is 396 g/mol. The molecule has 0 unspecified atom stereocenters. The minimum Gasteiger partial charge on any atom is -0.490 e. The summed E-state index contributed by atoms with van der Waals surface area (Å²) in [6.07, 6.45) is 1.63. The summed E-state index contributed by atoms with van der Waals surface area (Å²) in [4.78, 5) is 19.4. The van der Waals surface area contributed by atoms with Gasteiger partial charge in [0.15, 0.2) is 17.3 Å². The maximum atomic E-state index is 12.3. The second-order valence-electron chi connectivity index (χ2n) is 5.82. The number of fused-ring (bicyclic) bond motifs is 1. The Morgan fingerprint density at radius 3 is 2.64 bits per heavy atom. The van der Waals surface area contributed by atoms with E-state index in [0.717, 1.165) is 5.56 Å². The first-order chi connectivity index (χ1) is 13.5. The summed E-state index contributed by atoms with van der Waals surface area (Å²) >= 11 is 6.00. The van der Waals surface area contributed by atoms with Gasteiger partial charge in [-0.3, -0.25) is 4.79 Å². The highest BCUT2D eigenvalue weighted by atomic mass is 35.5. The van der Waals surface area contributed by atoms with Crippen molar-refractivity contribution in [3.63, 3.8) is 0 Å². The molecule has 1 N–H and O–H groups in total. The van der Waals surface area contributed by atoms with Crippen LogP contribution in [0.4, 0.5) is 0 Å². The maximum absolute atomic E-state index is 12.3. The van der Waals surface area contributed by atoms with Crippen LogP contribution in [0.1, 0.15) is 25.2 Å². The molecule has 0 bridgehead atoms. The molecular formula is C21H18ClN3O3. The van der Waals surface area contributed by atoms with Crippen LogP contribution < -0.4 is 15.0 Å². The topological polar surface area (TPSA) is 88.0 Å². The van der Waals surface area contributed by atoms with Crippen LogP contribution in [0.15, 0.2) is 41.2 Å². The zero-order chi connectivity index (χ0) is 20.1. The van der Waals surface area contributed by atoms with Crippen molar-refractivity contribution in [1.82, 2.24) is 9.97 Å². The quantitative estimate of drug-likeness (QED) is 0.623. The molecule has 3 rings (SSSR count). The van der Waals surface area contributed by atoms with Crippen molar-refractivity contribution >= 4 is 34.2 Å². The summed E-state index contributed by atoms with van der Waals surface area (Å²) in [6, 6.07) is 12.3. The minimum atomic E-state index is -0.334. The number of aromatic amines is 1. The van der Waals surface area contributed by atoms with Gasteiger partial charge in [-0.25, -0.2) is 4.98 Å². The fourth-order valence-electron chi connectivity index (χ4n) is 2.72. The molecule has 0 aliphatic heterocycles. The lowest BCUT2D eigenvalue weighted by atomic mass is 10.1. The molecule has 0 amide bonds. The van der Waals surface area contributed by atoms with Gasteiger partial charge in [0, 0.05) is 5.02 Å². The summed E-state index contributed by atoms with van der Waals surface area (Å²) < 4.78 is 11.2. The average Bonchev–Trinajstić information content (AvgIpc) is 2.68. The van der Waals surface area contributed by atoms with Crippen molar-refractivity contribution in [3.8, 4) is 17.6 Å². The first-order valence-electron chi connectivity index (χ1n) is 8.77. The number of rotatable bonds is 6. The molecule has 0 saturated heterocycles. The van der Waals surface area contributed by atoms with Gasteiger partial charge in [-0.2, -0.15) is 5.26 Å². The Morgan fingerprint density at radius 1 is 1.18 bits per heavy atom. The van der Waals surface area contributed by atoms with Gasteiger partial charge in [-0.05, 0) is 55.8 Å². The third-order valence-electron chi connectivity index (χ3n) is 3.92. The Morgan fingerprint density at radius 2 is 1.93 bits per heavy atom. The molecule has 0 aliphatic rings. The molecule has 0 saturated carbocycles. The Bertz CT molecular complexity index is 1150. The molecule has 0 aliphatic carbocycles. The van der Waals surface area contributed by atoms with E-state index >= 15 is 0 Å². The highest BCUT2D eigenvalue weighted by Crippen LogP contribution is 2.30. The maximum Gasteiger partial charge on any atom is 0.259 e. The van der Waals surface area contributed by atoms with E-state index in [1.54, 1.807) is 42.5 Å². The number of benzene rings is 2. The van der Waals surface area contributed by atoms with Crippen LogP contribution in [0.2, 0.25) is 5.02 Å². The Kier molecular flexibility index (Phi) is 5.97. The monoisotopic (exact) mass is 395 g/mol. The molecule has 3 aromatic rings. The van der Waals surface area contributed by atoms with Gasteiger partial charge in [0.1, 0.15) is 6.07 Å². The number of H-pyrrole nitrogens is 1. The summed E-state index contributed by atoms with van der Waals surface area (Å²) in [5.41, 5.74) is 1.02. The van der Waals surface area contributed by atoms with E-state index in [1.165, 1.54) is 0 Å². The summed E-state index contributed by atoms with van der Waals surface area (Å²) in [5.74, 6) is 1.39. The fourth-order valence-corrected chi connectivity index (χ4v) is 2.88. The second-order valence-corrected chi connectivity index (χ2v) is 6.25. The van der Waals surface area contributed by atoms with Gasteiger partial charge < -0.3 is 14.5 Å². The first-order valence-corrected chi connectivity index (χ1v) is 9.15. The summed E-state index contributed by atoms with van der Waals surface area (Å²) in [5, 5.41) is 10.5. The number of nitriles is 1. The minimum absolute atomic E-state index is 0.175. The van der Waals surface area contributed by atoms with Crippen molar-refractivity contribution < 1.29 is 9.47 Å². The molecular weight excluding hydrogens is 378 g/mol. The molecule has 1 aromatic heterocycles. The Hall–Kier alpha value is -3.30. The van der Waals surface area contributed by atoms with Gasteiger partial charge in [-0.15, -0.1) is 0 Å². The van der Waals surface area contributed by atoms with Gasteiger partial charge in [0.05, 0.1) is 29.7 Å². The summed E-state index contributed by atoms with van der Waals surface area (Å²) in [7, 11) is 0. The van der Waals surface area contributed by atoms with Crippen molar-refractivity contribution in [3.05, 3.63) is 63.2 Å². The van der Waals surface area contributed by atoms with Crippen LogP contribution in [0.5, 0.6) is 11.5 Å². The molecule has 2 aromatic carbocycles. The van der Waals surface area contributed by atoms with E-state index in [9.17, 15) is 10.1 Å². The predicted octanol–water partition coefficient (Wildman–Crippen LogP) is 4.44. The molecule has 0 spiro atoms. The Balaban J connectivity index is 2.07. The number of allylic oxidation sites excluding steroid dienone is 1. The molecule has 6 nitrogen and oxygen atoms in total. The molecule has 0 radical (unpaired) electrons. The van der Waals surface area contributed by atoms with Crippen LogP contribution >= 0.6 is 11.6 Å². The number of nitrogens with zero attached hydrogens (tertiary/aromatic N) is 2. The second kappa shape index (κ2) is 8.59. The standard InChI is InChI=1S/C21H18ClN3O3/c1-3-27-18-8-5-13(10-19(18)28-4-2)9-14(12-23)20-24-17-11-15(22)6-7-16(17)21(26)25-20/h5-11H,3-4H2,1-2H3,(H,24,25,26)/b14-9-. The molecule has 142 valence electrons. The highest BCUT2D eigenvalue weighted by molar-refractivity contribution is 6.31. The van der Waals surface area contributed by atoms with Gasteiger partial charge >= 0.3 is 0 Å². The third kappa shape index (κ3) is 4.16. The van der Waals surface area contributed by atoms with Gasteiger partial charge in [0.2, 0.25) is 0 Å². The normalized spacial score (nSPS) is 11.3. The summed E-state index contributed by atoms with van der Waals surface area (Å²) in [6.45, 7) is 4.78. The van der Waals surface area contributed by atoms with E-state index in [4.69, 9.17) is 21.1 Å². The van der Waals surface area contributed by atoms with Crippen LogP contribution in [0.3, 0.4) is 0 Å². The first kappa shape index (κ1) is 19.5. The lowest BCUT2D eigenvalue weighted by Crippen LogP contribution is -2.11. The molecule has 7 heteroatoms. The number of aromatic nitrogens is 2. The molecule has 1 heterocycles. The molecule has 0 fully saturated rings. The van der Waals surface area contributed by atoms with E-state index in [2.05, 4.69) is 16.0 Å². The van der Waals surface area contributed by atoms with E-state index < -0.39 is 0 Å². The van der Waals surface area contributed by atoms with E-state index in [-0.39, 0.29) is 17.0 Å². The molecule has 0 atom stereocenters. The fraction of sp³-hybridized carbons (Fsp3) is 0.190. The van der Waals surface area contributed by atoms with Crippen molar-refractivity contribution in [2.24, 2.45) is 0 Å². The Labute approximate surface area is 167 Å². The number of hydrogen-bond acceptors (Lipinski definition) is 5. The highest BCUT2D eigenvalue weighted by Gasteiger charge is 2.11. The smallest absolute Gasteiger partial charge is 0.259 e. The molecule has 28 heavy (non-hydrogen) atoms. The number of ether oxygens (including phenoxy) is 2. The van der Waals surface area contributed by atoms with Crippen LogP contribution in [-0.2, 0) is 0 Å². The predicted molar refractivity (Wildman–Crippen MR) is 110 cm³/mol. The SMILES string of the molecule is CCOc1ccc(/C=C(/C#N)c2nc3cc(Cl)ccc3c(=O)[nH]2)cc1OCC. The van der Waals surface area contributed by atoms with Crippen molar-refractivity contribution in [2.75, 3.05) is 13.2 Å². The van der Waals surface area contributed by atoms with E-state index in [1.807, 2.05) is 13.8 Å². The zero-order valence-corrected chi connectivity index (χ0v) is 16.2. The zero-order valence-electron chi connectivity index (χ0n) is 15.5. The van der Waals surface area contributed by atoms with Crippen LogP contribution in [0, 0.1) is 11.3 Å². The number of hydrogen-bond donors (Lipinski definition) is 1.